The number of aliphatic hydroxyl groups is 2. The molecule has 3 heteroatoms. The standard InChI is InChI=1S/C13H19O2S/c1-10-7-16(9-12(14)13(10)15)8-11-5-3-2-4-6-11/h2-6,10,12-15H,7-9H2,1H3/q+1/t10-,12+,13-,16?/m1/s1. The normalized spacial score (nSPS) is 34.9. The molecule has 1 aliphatic heterocycles. The molecule has 0 bridgehead atoms. The molecule has 2 rings (SSSR count). The van der Waals surface area contributed by atoms with Crippen molar-refractivity contribution in [2.24, 2.45) is 5.92 Å². The van der Waals surface area contributed by atoms with Gasteiger partial charge < -0.3 is 10.2 Å². The molecule has 2 nitrogen and oxygen atoms in total. The maximum Gasteiger partial charge on any atom is 0.136 e. The van der Waals surface area contributed by atoms with Gasteiger partial charge in [0.2, 0.25) is 0 Å². The first-order valence-electron chi connectivity index (χ1n) is 5.71. The molecule has 1 fully saturated rings. The first-order chi connectivity index (χ1) is 7.66. The number of aliphatic hydroxyl groups excluding tert-OH is 2. The fourth-order valence-corrected chi connectivity index (χ4v) is 4.84. The number of rotatable bonds is 2. The van der Waals surface area contributed by atoms with Crippen LogP contribution < -0.4 is 0 Å². The van der Waals surface area contributed by atoms with Crippen LogP contribution in [0, 0.1) is 5.92 Å². The zero-order valence-corrected chi connectivity index (χ0v) is 10.4. The highest BCUT2D eigenvalue weighted by Crippen LogP contribution is 2.23. The Hall–Kier alpha value is -0.510. The molecular weight excluding hydrogens is 220 g/mol. The van der Waals surface area contributed by atoms with Crippen molar-refractivity contribution < 1.29 is 10.2 Å². The molecule has 1 aromatic rings. The van der Waals surface area contributed by atoms with Crippen LogP contribution in [0.15, 0.2) is 30.3 Å². The summed E-state index contributed by atoms with van der Waals surface area (Å²) in [4.78, 5) is 0. The molecule has 2 N–H and O–H groups in total. The van der Waals surface area contributed by atoms with E-state index < -0.39 is 12.2 Å². The molecule has 0 aromatic heterocycles. The maximum absolute atomic E-state index is 9.75. The summed E-state index contributed by atoms with van der Waals surface area (Å²) >= 11 is 0. The van der Waals surface area contributed by atoms with Gasteiger partial charge in [-0.15, -0.1) is 0 Å². The maximum atomic E-state index is 9.75. The molecular formula is C13H19O2S+. The summed E-state index contributed by atoms with van der Waals surface area (Å²) in [6.45, 7) is 2.03. The van der Waals surface area contributed by atoms with Gasteiger partial charge in [0, 0.05) is 11.5 Å². The van der Waals surface area contributed by atoms with Crippen molar-refractivity contribution in [1.29, 1.82) is 0 Å². The smallest absolute Gasteiger partial charge is 0.136 e. The summed E-state index contributed by atoms with van der Waals surface area (Å²) < 4.78 is 0. The van der Waals surface area contributed by atoms with E-state index in [0.29, 0.717) is 0 Å². The average Bonchev–Trinajstić information content (AvgIpc) is 2.27. The molecule has 0 aliphatic carbocycles. The van der Waals surface area contributed by atoms with Crippen LogP contribution in [0.4, 0.5) is 0 Å². The van der Waals surface area contributed by atoms with E-state index in [4.69, 9.17) is 0 Å². The van der Waals surface area contributed by atoms with Gasteiger partial charge in [0.05, 0.1) is 6.10 Å². The van der Waals surface area contributed by atoms with Crippen molar-refractivity contribution >= 4 is 10.9 Å². The SMILES string of the molecule is C[C@@H]1C[S+](Cc2ccccc2)C[C@H](O)[C@@H]1O. The van der Waals surface area contributed by atoms with Crippen molar-refractivity contribution in [2.75, 3.05) is 11.5 Å². The second kappa shape index (κ2) is 5.21. The highest BCUT2D eigenvalue weighted by molar-refractivity contribution is 7.96. The fourth-order valence-electron chi connectivity index (χ4n) is 2.19. The molecule has 0 spiro atoms. The lowest BCUT2D eigenvalue weighted by Crippen LogP contribution is -2.46. The van der Waals surface area contributed by atoms with Gasteiger partial charge in [0.1, 0.15) is 23.4 Å². The summed E-state index contributed by atoms with van der Waals surface area (Å²) in [7, 11) is 0.213. The Morgan fingerprint density at radius 3 is 2.50 bits per heavy atom. The fraction of sp³-hybridized carbons (Fsp3) is 0.538. The van der Waals surface area contributed by atoms with Gasteiger partial charge in [-0.1, -0.05) is 37.3 Å². The van der Waals surface area contributed by atoms with Crippen molar-refractivity contribution in [2.45, 2.75) is 24.9 Å². The second-order valence-corrected chi connectivity index (χ2v) is 6.79. The molecule has 1 unspecified atom stereocenters. The molecule has 1 aliphatic rings. The van der Waals surface area contributed by atoms with Crippen LogP contribution in [-0.4, -0.2) is 33.9 Å². The highest BCUT2D eigenvalue weighted by Gasteiger charge is 2.39. The van der Waals surface area contributed by atoms with Gasteiger partial charge in [-0.3, -0.25) is 0 Å². The molecule has 88 valence electrons. The number of hydrogen-bond acceptors (Lipinski definition) is 2. The minimum absolute atomic E-state index is 0.213. The Bertz CT molecular complexity index is 316. The molecule has 1 heterocycles. The second-order valence-electron chi connectivity index (χ2n) is 4.61. The zero-order valence-electron chi connectivity index (χ0n) is 9.54. The first-order valence-corrected chi connectivity index (χ1v) is 7.44. The van der Waals surface area contributed by atoms with Crippen molar-refractivity contribution in [3.05, 3.63) is 35.9 Å². The lowest BCUT2D eigenvalue weighted by molar-refractivity contribution is 0.00159. The Morgan fingerprint density at radius 1 is 1.19 bits per heavy atom. The van der Waals surface area contributed by atoms with Crippen LogP contribution in [0.25, 0.3) is 0 Å². The average molecular weight is 239 g/mol. The van der Waals surface area contributed by atoms with Gasteiger partial charge in [-0.25, -0.2) is 0 Å². The summed E-state index contributed by atoms with van der Waals surface area (Å²) in [6, 6.07) is 10.4. The van der Waals surface area contributed by atoms with Crippen LogP contribution in [-0.2, 0) is 16.6 Å². The molecule has 0 radical (unpaired) electrons. The van der Waals surface area contributed by atoms with Crippen LogP contribution in [0.3, 0.4) is 0 Å². The van der Waals surface area contributed by atoms with Crippen LogP contribution in [0.1, 0.15) is 12.5 Å². The summed E-state index contributed by atoms with van der Waals surface area (Å²) in [5, 5.41) is 19.4. The third-order valence-electron chi connectivity index (χ3n) is 3.10. The Morgan fingerprint density at radius 2 is 1.88 bits per heavy atom. The van der Waals surface area contributed by atoms with Crippen LogP contribution >= 0.6 is 0 Å². The predicted octanol–water partition coefficient (Wildman–Crippen LogP) is 1.18. The van der Waals surface area contributed by atoms with Crippen molar-refractivity contribution in [3.8, 4) is 0 Å². The summed E-state index contributed by atoms with van der Waals surface area (Å²) in [5.74, 6) is 3.04. The monoisotopic (exact) mass is 239 g/mol. The van der Waals surface area contributed by atoms with E-state index in [1.165, 1.54) is 5.56 Å². The van der Waals surface area contributed by atoms with E-state index in [1.54, 1.807) is 0 Å². The molecule has 1 saturated heterocycles. The Kier molecular flexibility index (Phi) is 3.90. The number of benzene rings is 1. The Balaban J connectivity index is 1.97. The van der Waals surface area contributed by atoms with Gasteiger partial charge in [0.15, 0.2) is 0 Å². The zero-order chi connectivity index (χ0) is 11.5. The molecule has 0 amide bonds. The molecule has 16 heavy (non-hydrogen) atoms. The first kappa shape index (κ1) is 12.0. The topological polar surface area (TPSA) is 40.5 Å². The molecule has 4 atom stereocenters. The quantitative estimate of drug-likeness (QED) is 0.761. The number of hydrogen-bond donors (Lipinski definition) is 2. The van der Waals surface area contributed by atoms with E-state index >= 15 is 0 Å². The van der Waals surface area contributed by atoms with E-state index in [0.717, 1.165) is 17.3 Å². The minimum Gasteiger partial charge on any atom is -0.390 e. The highest BCUT2D eigenvalue weighted by atomic mass is 32.2. The van der Waals surface area contributed by atoms with E-state index in [1.807, 2.05) is 13.0 Å². The van der Waals surface area contributed by atoms with E-state index in [9.17, 15) is 10.2 Å². The third kappa shape index (κ3) is 2.78. The largest absolute Gasteiger partial charge is 0.390 e. The van der Waals surface area contributed by atoms with E-state index in [2.05, 4.69) is 24.3 Å². The van der Waals surface area contributed by atoms with Gasteiger partial charge in [0.25, 0.3) is 0 Å². The Labute approximate surface area is 99.7 Å². The van der Waals surface area contributed by atoms with Crippen LogP contribution in [0.5, 0.6) is 0 Å². The van der Waals surface area contributed by atoms with E-state index in [-0.39, 0.29) is 16.8 Å². The summed E-state index contributed by atoms with van der Waals surface area (Å²) in [5.41, 5.74) is 1.33. The predicted molar refractivity (Wildman–Crippen MR) is 68.4 cm³/mol. The molecule has 1 aromatic carbocycles. The van der Waals surface area contributed by atoms with Crippen molar-refractivity contribution in [3.63, 3.8) is 0 Å². The molecule has 0 saturated carbocycles. The van der Waals surface area contributed by atoms with Crippen LogP contribution in [0.2, 0.25) is 0 Å². The van der Waals surface area contributed by atoms with Gasteiger partial charge in [-0.2, -0.15) is 0 Å². The summed E-state index contributed by atoms with van der Waals surface area (Å²) in [6.07, 6.45) is -1.06. The van der Waals surface area contributed by atoms with Gasteiger partial charge >= 0.3 is 0 Å². The third-order valence-corrected chi connectivity index (χ3v) is 5.65. The lowest BCUT2D eigenvalue weighted by atomic mass is 10.0. The van der Waals surface area contributed by atoms with Gasteiger partial charge in [-0.05, 0) is 10.9 Å². The minimum atomic E-state index is -0.532. The van der Waals surface area contributed by atoms with Crippen molar-refractivity contribution in [1.82, 2.24) is 0 Å². The lowest BCUT2D eigenvalue weighted by Gasteiger charge is -2.29.